The quantitative estimate of drug-likeness (QED) is 0.253. The molecule has 7 nitrogen and oxygen atoms in total. The van der Waals surface area contributed by atoms with Crippen LogP contribution in [-0.4, -0.2) is 43.8 Å². The molecule has 4 atom stereocenters. The number of nitrogens with zero attached hydrogens (tertiary/aromatic N) is 1. The molecule has 1 N–H and O–H groups in total. The Morgan fingerprint density at radius 3 is 2.29 bits per heavy atom. The first-order chi connectivity index (χ1) is 21.7. The van der Waals surface area contributed by atoms with E-state index in [2.05, 4.69) is 17.5 Å². The third-order valence-corrected chi connectivity index (χ3v) is 9.69. The summed E-state index contributed by atoms with van der Waals surface area (Å²) in [5.74, 6) is -1.20. The molecule has 0 aromatic heterocycles. The minimum Gasteiger partial charge on any atom is -0.497 e. The van der Waals surface area contributed by atoms with Crippen molar-refractivity contribution in [1.29, 1.82) is 0 Å². The predicted molar refractivity (Wildman–Crippen MR) is 175 cm³/mol. The molecule has 0 bridgehead atoms. The number of carbonyl (C=O) groups is 3. The lowest BCUT2D eigenvalue weighted by atomic mass is 9.63. The molecular formula is C38H34N2O5. The van der Waals surface area contributed by atoms with E-state index in [4.69, 9.17) is 9.47 Å². The van der Waals surface area contributed by atoms with Gasteiger partial charge in [0.05, 0.1) is 31.7 Å². The van der Waals surface area contributed by atoms with E-state index >= 15 is 4.79 Å². The Bertz CT molecular complexity index is 1930. The lowest BCUT2D eigenvalue weighted by molar-refractivity contribution is -0.121. The minimum atomic E-state index is -1.42. The number of allylic oxidation sites excluding steroid dienone is 1. The number of anilines is 2. The Kier molecular flexibility index (Phi) is 6.66. The fraction of sp³-hybridized carbons (Fsp3) is 0.237. The number of Topliss-reactive ketones (excluding diaryl/α,β-unsaturated/α-hetero) is 2. The second kappa shape index (κ2) is 10.5. The number of carbonyl (C=O) groups excluding carboxylic acids is 3. The average molecular weight is 599 g/mol. The van der Waals surface area contributed by atoms with E-state index in [1.807, 2.05) is 74.2 Å². The van der Waals surface area contributed by atoms with E-state index in [0.29, 0.717) is 28.3 Å². The minimum absolute atomic E-state index is 0.228. The zero-order chi connectivity index (χ0) is 31.6. The normalized spacial score (nSPS) is 22.7. The highest BCUT2D eigenvalue weighted by Gasteiger charge is 2.70. The lowest BCUT2D eigenvalue weighted by Crippen LogP contribution is -2.51. The van der Waals surface area contributed by atoms with Gasteiger partial charge < -0.3 is 19.7 Å². The van der Waals surface area contributed by atoms with Gasteiger partial charge in [-0.05, 0) is 68.3 Å². The number of hydrogen-bond donors (Lipinski definition) is 1. The summed E-state index contributed by atoms with van der Waals surface area (Å²) < 4.78 is 11.2. The third kappa shape index (κ3) is 4.06. The molecule has 1 spiro atoms. The molecule has 3 heterocycles. The van der Waals surface area contributed by atoms with Crippen LogP contribution in [0.3, 0.4) is 0 Å². The van der Waals surface area contributed by atoms with Crippen LogP contribution in [0.15, 0.2) is 91.0 Å². The summed E-state index contributed by atoms with van der Waals surface area (Å²) in [6, 6.07) is 24.4. The van der Waals surface area contributed by atoms with Gasteiger partial charge in [-0.2, -0.15) is 0 Å². The second-order valence-electron chi connectivity index (χ2n) is 12.2. The van der Waals surface area contributed by atoms with Gasteiger partial charge in [-0.3, -0.25) is 14.4 Å². The van der Waals surface area contributed by atoms with Crippen LogP contribution in [0.5, 0.6) is 11.5 Å². The summed E-state index contributed by atoms with van der Waals surface area (Å²) in [7, 11) is 3.04. The maximum Gasteiger partial charge on any atom is 0.238 e. The van der Waals surface area contributed by atoms with Gasteiger partial charge >= 0.3 is 0 Å². The van der Waals surface area contributed by atoms with E-state index in [0.717, 1.165) is 28.0 Å². The van der Waals surface area contributed by atoms with Gasteiger partial charge in [0, 0.05) is 22.5 Å². The first kappa shape index (κ1) is 28.6. The van der Waals surface area contributed by atoms with Crippen molar-refractivity contribution in [3.05, 3.63) is 124 Å². The molecule has 4 aromatic carbocycles. The number of fused-ring (bicyclic) bond motifs is 6. The molecule has 7 heteroatoms. The number of hydrogen-bond acceptors (Lipinski definition) is 6. The monoisotopic (exact) mass is 598 g/mol. The summed E-state index contributed by atoms with van der Waals surface area (Å²) >= 11 is 0. The Morgan fingerprint density at radius 1 is 0.822 bits per heavy atom. The third-order valence-electron chi connectivity index (χ3n) is 9.69. The molecule has 1 fully saturated rings. The van der Waals surface area contributed by atoms with E-state index in [1.54, 1.807) is 30.3 Å². The smallest absolute Gasteiger partial charge is 0.238 e. The van der Waals surface area contributed by atoms with Crippen LogP contribution < -0.4 is 19.7 Å². The summed E-state index contributed by atoms with van der Waals surface area (Å²) in [5, 5.41) is 3.09. The van der Waals surface area contributed by atoms with E-state index in [9.17, 15) is 9.59 Å². The van der Waals surface area contributed by atoms with Crippen LogP contribution in [0.1, 0.15) is 49.9 Å². The molecule has 3 aliphatic rings. The highest BCUT2D eigenvalue weighted by atomic mass is 16.5. The SMILES string of the molecule is COc1ccc(OC)c(C(=O)C2C(C(=O)c3ccc(C)cc3)N3c4ccc(C)cc4C(C)=CC3C23C(=O)Nc2ccccc23)c1. The number of nitrogens with one attached hydrogen (secondary N) is 1. The van der Waals surface area contributed by atoms with Gasteiger partial charge in [-0.25, -0.2) is 0 Å². The zero-order valence-corrected chi connectivity index (χ0v) is 25.9. The average Bonchev–Trinajstić information content (AvgIpc) is 3.52. The number of para-hydroxylation sites is 1. The fourth-order valence-electron chi connectivity index (χ4n) is 7.61. The van der Waals surface area contributed by atoms with Gasteiger partial charge in [-0.15, -0.1) is 0 Å². The van der Waals surface area contributed by atoms with Crippen LogP contribution in [-0.2, 0) is 10.2 Å². The van der Waals surface area contributed by atoms with Crippen molar-refractivity contribution in [2.24, 2.45) is 5.92 Å². The molecule has 4 unspecified atom stereocenters. The number of ketones is 2. The number of methoxy groups -OCH3 is 2. The van der Waals surface area contributed by atoms with Gasteiger partial charge in [0.2, 0.25) is 5.91 Å². The molecule has 0 saturated carbocycles. The van der Waals surface area contributed by atoms with Crippen molar-refractivity contribution >= 4 is 34.4 Å². The first-order valence-corrected chi connectivity index (χ1v) is 15.1. The van der Waals surface area contributed by atoms with Crippen LogP contribution in [0.4, 0.5) is 11.4 Å². The van der Waals surface area contributed by atoms with Crippen molar-refractivity contribution in [2.75, 3.05) is 24.4 Å². The number of rotatable bonds is 6. The maximum absolute atomic E-state index is 15.3. The van der Waals surface area contributed by atoms with E-state index in [-0.39, 0.29) is 23.0 Å². The lowest BCUT2D eigenvalue weighted by Gasteiger charge is -2.39. The number of amides is 1. The predicted octanol–water partition coefficient (Wildman–Crippen LogP) is 6.57. The summed E-state index contributed by atoms with van der Waals surface area (Å²) in [4.78, 5) is 46.9. The first-order valence-electron chi connectivity index (χ1n) is 15.1. The van der Waals surface area contributed by atoms with Crippen molar-refractivity contribution < 1.29 is 23.9 Å². The number of aryl methyl sites for hydroxylation is 2. The van der Waals surface area contributed by atoms with E-state index in [1.165, 1.54) is 14.2 Å². The van der Waals surface area contributed by atoms with Crippen molar-refractivity contribution in [1.82, 2.24) is 0 Å². The van der Waals surface area contributed by atoms with Gasteiger partial charge in [-0.1, -0.05) is 65.7 Å². The largest absolute Gasteiger partial charge is 0.497 e. The van der Waals surface area contributed by atoms with Gasteiger partial charge in [0.25, 0.3) is 0 Å². The molecule has 7 rings (SSSR count). The van der Waals surface area contributed by atoms with Crippen LogP contribution in [0, 0.1) is 19.8 Å². The Balaban J connectivity index is 1.57. The van der Waals surface area contributed by atoms with Gasteiger partial charge in [0.1, 0.15) is 23.0 Å². The van der Waals surface area contributed by atoms with Crippen molar-refractivity contribution in [2.45, 2.75) is 38.3 Å². The molecule has 0 radical (unpaired) electrons. The van der Waals surface area contributed by atoms with E-state index < -0.39 is 23.4 Å². The Labute approximate surface area is 262 Å². The van der Waals surface area contributed by atoms with Crippen LogP contribution >= 0.6 is 0 Å². The Morgan fingerprint density at radius 2 is 1.56 bits per heavy atom. The second-order valence-corrected chi connectivity index (χ2v) is 12.2. The zero-order valence-electron chi connectivity index (χ0n) is 25.9. The maximum atomic E-state index is 15.3. The van der Waals surface area contributed by atoms with Crippen molar-refractivity contribution in [3.8, 4) is 11.5 Å². The summed E-state index contributed by atoms with van der Waals surface area (Å²) in [5.41, 5.74) is 5.52. The topological polar surface area (TPSA) is 84.9 Å². The number of benzene rings is 4. The summed E-state index contributed by atoms with van der Waals surface area (Å²) in [6.45, 7) is 6.02. The Hall–Kier alpha value is -5.17. The molecule has 0 aliphatic carbocycles. The molecule has 1 amide bonds. The van der Waals surface area contributed by atoms with Crippen LogP contribution in [0.2, 0.25) is 0 Å². The summed E-state index contributed by atoms with van der Waals surface area (Å²) in [6.07, 6.45) is 2.06. The van der Waals surface area contributed by atoms with Crippen molar-refractivity contribution in [3.63, 3.8) is 0 Å². The molecule has 4 aromatic rings. The molecule has 1 saturated heterocycles. The molecular weight excluding hydrogens is 564 g/mol. The van der Waals surface area contributed by atoms with Crippen LogP contribution in [0.25, 0.3) is 5.57 Å². The number of ether oxygens (including phenoxy) is 2. The van der Waals surface area contributed by atoms with Gasteiger partial charge in [0.15, 0.2) is 11.6 Å². The highest BCUT2D eigenvalue weighted by Crippen LogP contribution is 2.59. The standard InChI is InChI=1S/C38H34N2O5/c1-21-10-13-24(14-11-21)35(41)34-33(36(42)27-20-25(44-4)15-17-31(27)45-5)38(28-8-6-7-9-29(28)39-37(38)43)32-19-23(3)26-18-22(2)12-16-30(26)40(32)34/h6-20,32-34H,1-5H3,(H,39,43). The highest BCUT2D eigenvalue weighted by molar-refractivity contribution is 6.19. The molecule has 45 heavy (non-hydrogen) atoms. The molecule has 3 aliphatic heterocycles. The molecule has 226 valence electrons. The fourth-order valence-corrected chi connectivity index (χ4v) is 7.61.